The van der Waals surface area contributed by atoms with Crippen LogP contribution in [0.2, 0.25) is 0 Å². The molecule has 6 nitrogen and oxygen atoms in total. The lowest BCUT2D eigenvalue weighted by atomic mass is 9.70. The SMILES string of the molecule is CC(=O)C1=C(C)O[C@@]23C(c4ccc(F)cc4)=C(c4ccc(F)cc4)C(=O)[C@@H]2C(C(C)=O)(C(C)=O)O[C@@H]13. The first-order valence-electron chi connectivity index (χ1n) is 11.4. The third kappa shape index (κ3) is 2.91. The summed E-state index contributed by atoms with van der Waals surface area (Å²) in [4.78, 5) is 53.2. The van der Waals surface area contributed by atoms with E-state index in [1.165, 1.54) is 55.5 Å². The molecule has 0 aromatic heterocycles. The molecule has 1 fully saturated rings. The number of halogens is 2. The van der Waals surface area contributed by atoms with Crippen molar-refractivity contribution in [1.29, 1.82) is 0 Å². The molecule has 2 heterocycles. The Morgan fingerprint density at radius 3 is 1.81 bits per heavy atom. The van der Waals surface area contributed by atoms with E-state index in [0.29, 0.717) is 11.1 Å². The van der Waals surface area contributed by atoms with Crippen LogP contribution in [0.1, 0.15) is 38.8 Å². The Morgan fingerprint density at radius 2 is 1.33 bits per heavy atom. The van der Waals surface area contributed by atoms with Crippen LogP contribution in [0.3, 0.4) is 0 Å². The Bertz CT molecular complexity index is 1400. The normalized spacial score (nSPS) is 26.1. The fourth-order valence-corrected chi connectivity index (χ4v) is 5.98. The summed E-state index contributed by atoms with van der Waals surface area (Å²) < 4.78 is 40.2. The second-order valence-electron chi connectivity index (χ2n) is 9.33. The van der Waals surface area contributed by atoms with Gasteiger partial charge in [-0.15, -0.1) is 0 Å². The lowest BCUT2D eigenvalue weighted by Gasteiger charge is -2.33. The molecule has 2 aromatic carbocycles. The maximum atomic E-state index is 14.3. The molecule has 0 bridgehead atoms. The van der Waals surface area contributed by atoms with Crippen LogP contribution in [0.4, 0.5) is 8.78 Å². The fraction of sp³-hybridized carbons (Fsp3) is 0.286. The third-order valence-corrected chi connectivity index (χ3v) is 7.33. The molecule has 1 saturated heterocycles. The summed E-state index contributed by atoms with van der Waals surface area (Å²) in [5.41, 5.74) is -2.82. The van der Waals surface area contributed by atoms with Gasteiger partial charge in [-0.1, -0.05) is 24.3 Å². The molecule has 3 aliphatic rings. The predicted molar refractivity (Wildman–Crippen MR) is 124 cm³/mol. The van der Waals surface area contributed by atoms with E-state index in [4.69, 9.17) is 9.47 Å². The molecular formula is C28H22F2O6. The number of hydrogen-bond donors (Lipinski definition) is 0. The first kappa shape index (κ1) is 23.9. The van der Waals surface area contributed by atoms with Gasteiger partial charge in [0, 0.05) is 11.1 Å². The van der Waals surface area contributed by atoms with Gasteiger partial charge in [0.05, 0.1) is 5.57 Å². The number of hydrogen-bond acceptors (Lipinski definition) is 6. The highest BCUT2D eigenvalue weighted by Gasteiger charge is 2.79. The van der Waals surface area contributed by atoms with Crippen LogP contribution in [0.25, 0.3) is 11.1 Å². The Kier molecular flexibility index (Phi) is 5.23. The summed E-state index contributed by atoms with van der Waals surface area (Å²) in [5, 5.41) is 0. The van der Waals surface area contributed by atoms with Crippen molar-refractivity contribution < 1.29 is 37.4 Å². The van der Waals surface area contributed by atoms with Crippen LogP contribution >= 0.6 is 0 Å². The summed E-state index contributed by atoms with van der Waals surface area (Å²) in [5.74, 6) is -4.74. The number of ketones is 4. The highest BCUT2D eigenvalue weighted by atomic mass is 19.1. The van der Waals surface area contributed by atoms with Gasteiger partial charge in [-0.2, -0.15) is 0 Å². The zero-order valence-corrected chi connectivity index (χ0v) is 20.0. The standard InChI is InChI=1S/C28H22F2O6/c1-13(31)21-14(2)35-28-23(18-7-11-20(30)12-8-18)22(17-5-9-19(29)10-6-17)24(34)25(28)27(15(3)32,16(4)33)36-26(21)28/h5-12,25-26H,1-4H3/t25-,26+,28+/m1/s1. The number of Topliss-reactive ketones (excluding diaryl/α,β-unsaturated/α-hetero) is 4. The van der Waals surface area contributed by atoms with E-state index < -0.39 is 58.0 Å². The van der Waals surface area contributed by atoms with Gasteiger partial charge in [0.1, 0.15) is 29.4 Å². The van der Waals surface area contributed by atoms with E-state index >= 15 is 0 Å². The van der Waals surface area contributed by atoms with Gasteiger partial charge in [0.15, 0.2) is 34.3 Å². The van der Waals surface area contributed by atoms with Gasteiger partial charge in [-0.3, -0.25) is 19.2 Å². The van der Waals surface area contributed by atoms with Crippen molar-refractivity contribution in [3.8, 4) is 0 Å². The zero-order valence-electron chi connectivity index (χ0n) is 20.0. The Balaban J connectivity index is 1.91. The van der Waals surface area contributed by atoms with Crippen molar-refractivity contribution in [3.63, 3.8) is 0 Å². The van der Waals surface area contributed by atoms with Crippen LogP contribution < -0.4 is 0 Å². The molecule has 0 amide bonds. The highest BCUT2D eigenvalue weighted by Crippen LogP contribution is 2.65. The molecule has 36 heavy (non-hydrogen) atoms. The highest BCUT2D eigenvalue weighted by molar-refractivity contribution is 6.37. The van der Waals surface area contributed by atoms with Gasteiger partial charge in [0.25, 0.3) is 0 Å². The monoisotopic (exact) mass is 492 g/mol. The van der Waals surface area contributed by atoms with E-state index in [9.17, 15) is 28.0 Å². The van der Waals surface area contributed by atoms with E-state index in [0.717, 1.165) is 13.8 Å². The summed E-state index contributed by atoms with van der Waals surface area (Å²) in [6.45, 7) is 5.16. The molecule has 0 radical (unpaired) electrons. The van der Waals surface area contributed by atoms with Crippen molar-refractivity contribution in [3.05, 3.63) is 82.6 Å². The largest absolute Gasteiger partial charge is 0.483 e. The van der Waals surface area contributed by atoms with Crippen molar-refractivity contribution in [2.24, 2.45) is 5.92 Å². The number of rotatable bonds is 5. The molecule has 184 valence electrons. The quantitative estimate of drug-likeness (QED) is 0.586. The zero-order chi connectivity index (χ0) is 26.2. The minimum atomic E-state index is -2.21. The maximum absolute atomic E-state index is 14.3. The molecule has 8 heteroatoms. The van der Waals surface area contributed by atoms with Gasteiger partial charge >= 0.3 is 0 Å². The summed E-state index contributed by atoms with van der Waals surface area (Å²) >= 11 is 0. The average molecular weight is 492 g/mol. The first-order valence-corrected chi connectivity index (χ1v) is 11.4. The van der Waals surface area contributed by atoms with Gasteiger partial charge < -0.3 is 9.47 Å². The van der Waals surface area contributed by atoms with Gasteiger partial charge in [0.2, 0.25) is 0 Å². The Labute approximate surface area is 205 Å². The minimum absolute atomic E-state index is 0.0874. The molecule has 0 N–H and O–H groups in total. The topological polar surface area (TPSA) is 86.7 Å². The van der Waals surface area contributed by atoms with Crippen LogP contribution in [0.15, 0.2) is 59.9 Å². The van der Waals surface area contributed by atoms with Crippen molar-refractivity contribution >= 4 is 34.3 Å². The fourth-order valence-electron chi connectivity index (χ4n) is 5.98. The first-order chi connectivity index (χ1) is 17.0. The van der Waals surface area contributed by atoms with E-state index in [1.807, 2.05) is 0 Å². The van der Waals surface area contributed by atoms with Crippen LogP contribution in [-0.2, 0) is 28.7 Å². The summed E-state index contributed by atoms with van der Waals surface area (Å²) in [6, 6.07) is 10.5. The van der Waals surface area contributed by atoms with Crippen molar-refractivity contribution in [2.75, 3.05) is 0 Å². The summed E-state index contributed by atoms with van der Waals surface area (Å²) in [6.07, 6.45) is -1.25. The third-order valence-electron chi connectivity index (χ3n) is 7.33. The molecule has 2 aliphatic heterocycles. The molecule has 1 aliphatic carbocycles. The number of carbonyl (C=O) groups excluding carboxylic acids is 4. The van der Waals surface area contributed by atoms with Crippen LogP contribution in [0, 0.1) is 17.6 Å². The number of benzene rings is 2. The second kappa shape index (κ2) is 7.86. The average Bonchev–Trinajstić information content (AvgIpc) is 3.35. The molecule has 1 spiro atoms. The van der Waals surface area contributed by atoms with E-state index in [2.05, 4.69) is 0 Å². The molecule has 0 unspecified atom stereocenters. The van der Waals surface area contributed by atoms with Gasteiger partial charge in [-0.25, -0.2) is 8.78 Å². The number of ether oxygens (including phenoxy) is 2. The van der Waals surface area contributed by atoms with E-state index in [-0.39, 0.29) is 22.5 Å². The van der Waals surface area contributed by atoms with Crippen LogP contribution in [0.5, 0.6) is 0 Å². The molecule has 5 rings (SSSR count). The molecule has 0 saturated carbocycles. The van der Waals surface area contributed by atoms with E-state index in [1.54, 1.807) is 6.92 Å². The Morgan fingerprint density at radius 1 is 0.833 bits per heavy atom. The number of carbonyl (C=O) groups is 4. The lowest BCUT2D eigenvalue weighted by Crippen LogP contribution is -2.55. The van der Waals surface area contributed by atoms with Crippen LogP contribution in [-0.4, -0.2) is 40.4 Å². The second-order valence-corrected chi connectivity index (χ2v) is 9.33. The summed E-state index contributed by atoms with van der Waals surface area (Å²) in [7, 11) is 0. The molecule has 3 atom stereocenters. The smallest absolute Gasteiger partial charge is 0.198 e. The Hall–Kier alpha value is -3.78. The molecule has 2 aromatic rings. The number of allylic oxidation sites excluding steroid dienone is 2. The van der Waals surface area contributed by atoms with Crippen molar-refractivity contribution in [2.45, 2.75) is 45.0 Å². The minimum Gasteiger partial charge on any atom is -0.483 e. The maximum Gasteiger partial charge on any atom is 0.198 e. The molecular weight excluding hydrogens is 470 g/mol. The van der Waals surface area contributed by atoms with Gasteiger partial charge in [-0.05, 0) is 63.1 Å². The predicted octanol–water partition coefficient (Wildman–Crippen LogP) is 4.02. The lowest BCUT2D eigenvalue weighted by molar-refractivity contribution is -0.159. The van der Waals surface area contributed by atoms with Crippen molar-refractivity contribution in [1.82, 2.24) is 0 Å².